The Bertz CT molecular complexity index is 1370. The molecule has 4 unspecified atom stereocenters. The van der Waals surface area contributed by atoms with Gasteiger partial charge in [-0.05, 0) is 77.2 Å². The highest BCUT2D eigenvalue weighted by molar-refractivity contribution is 9.10. The van der Waals surface area contributed by atoms with Crippen LogP contribution in [0.5, 0.6) is 0 Å². The summed E-state index contributed by atoms with van der Waals surface area (Å²) in [5.41, 5.74) is 5.05. The maximum absolute atomic E-state index is 13.2. The number of rotatable bonds is 4. The first-order valence-corrected chi connectivity index (χ1v) is 13.7. The Morgan fingerprint density at radius 2 is 0.892 bits per heavy atom. The van der Waals surface area contributed by atoms with Gasteiger partial charge in [0.25, 0.3) is 0 Å². The van der Waals surface area contributed by atoms with E-state index in [1.165, 1.54) is 0 Å². The fraction of sp³-hybridized carbons (Fsp3) is 0.161. The van der Waals surface area contributed by atoms with Gasteiger partial charge >= 0.3 is 11.9 Å². The Balaban J connectivity index is 1.38. The van der Waals surface area contributed by atoms with Gasteiger partial charge < -0.3 is 9.47 Å². The third-order valence-corrected chi connectivity index (χ3v) is 8.33. The normalized spacial score (nSPS) is 21.4. The van der Waals surface area contributed by atoms with Crippen LogP contribution in [0.25, 0.3) is 0 Å². The molecule has 0 saturated carbocycles. The van der Waals surface area contributed by atoms with Gasteiger partial charge in [-0.3, -0.25) is 0 Å². The number of carbonyl (C=O) groups is 2. The van der Waals surface area contributed by atoms with Crippen molar-refractivity contribution in [3.63, 3.8) is 0 Å². The summed E-state index contributed by atoms with van der Waals surface area (Å²) in [6, 6.07) is 30.5. The molecule has 0 aliphatic heterocycles. The molecule has 2 bridgehead atoms. The number of halogens is 2. The molecule has 4 aromatic rings. The van der Waals surface area contributed by atoms with Crippen LogP contribution >= 0.6 is 31.9 Å². The van der Waals surface area contributed by atoms with E-state index < -0.39 is 12.2 Å². The first kappa shape index (κ1) is 24.1. The second kappa shape index (κ2) is 9.92. The Hall–Kier alpha value is -3.22. The van der Waals surface area contributed by atoms with Crippen LogP contribution in [0.4, 0.5) is 0 Å². The Morgan fingerprint density at radius 1 is 0.541 bits per heavy atom. The van der Waals surface area contributed by atoms with Crippen LogP contribution in [0.1, 0.15) is 73.4 Å². The van der Waals surface area contributed by atoms with Crippen molar-refractivity contribution in [3.8, 4) is 0 Å². The highest BCUT2D eigenvalue weighted by Gasteiger charge is 2.47. The third kappa shape index (κ3) is 4.53. The minimum atomic E-state index is -0.437. The maximum atomic E-state index is 13.2. The molecule has 0 heterocycles. The fourth-order valence-corrected chi connectivity index (χ4v) is 6.11. The summed E-state index contributed by atoms with van der Waals surface area (Å²) in [5, 5.41) is 0. The van der Waals surface area contributed by atoms with E-state index in [0.29, 0.717) is 17.5 Å². The predicted molar refractivity (Wildman–Crippen MR) is 148 cm³/mol. The molecule has 2 aliphatic carbocycles. The number of fused-ring (bicyclic) bond motifs is 6. The highest BCUT2D eigenvalue weighted by atomic mass is 79.9. The number of hydrogen-bond acceptors (Lipinski definition) is 4. The van der Waals surface area contributed by atoms with Crippen molar-refractivity contribution < 1.29 is 19.1 Å². The average Bonchev–Trinajstić information content (AvgIpc) is 2.93. The first-order chi connectivity index (χ1) is 18.0. The Morgan fingerprint density at radius 3 is 1.27 bits per heavy atom. The topological polar surface area (TPSA) is 52.6 Å². The molecule has 4 aromatic carbocycles. The quantitative estimate of drug-likeness (QED) is 0.216. The second-order valence-corrected chi connectivity index (χ2v) is 11.2. The molecule has 6 heteroatoms. The van der Waals surface area contributed by atoms with Crippen molar-refractivity contribution in [3.05, 3.63) is 139 Å². The number of esters is 2. The van der Waals surface area contributed by atoms with Gasteiger partial charge in [0.05, 0.1) is 11.1 Å². The van der Waals surface area contributed by atoms with Gasteiger partial charge in [-0.2, -0.15) is 0 Å². The van der Waals surface area contributed by atoms with Crippen LogP contribution < -0.4 is 0 Å². The Kier molecular flexibility index (Phi) is 6.47. The zero-order valence-corrected chi connectivity index (χ0v) is 22.8. The lowest BCUT2D eigenvalue weighted by atomic mass is 9.64. The minimum Gasteiger partial charge on any atom is -0.453 e. The van der Waals surface area contributed by atoms with Gasteiger partial charge in [-0.15, -0.1) is 0 Å². The molecule has 0 spiro atoms. The molecular weight excluding hydrogens is 596 g/mol. The van der Waals surface area contributed by atoms with Crippen LogP contribution in [-0.2, 0) is 9.47 Å². The molecular formula is C31H22Br2O4. The number of benzene rings is 4. The van der Waals surface area contributed by atoms with E-state index in [2.05, 4.69) is 44.0 Å². The zero-order chi connectivity index (χ0) is 25.5. The molecule has 4 atom stereocenters. The number of ether oxygens (including phenoxy) is 2. The molecule has 0 fully saturated rings. The molecule has 0 saturated heterocycles. The van der Waals surface area contributed by atoms with Crippen LogP contribution in [0.3, 0.4) is 0 Å². The zero-order valence-electron chi connectivity index (χ0n) is 19.6. The average molecular weight is 618 g/mol. The van der Waals surface area contributed by atoms with Crippen LogP contribution in [-0.4, -0.2) is 11.9 Å². The lowest BCUT2D eigenvalue weighted by molar-refractivity contribution is -0.00162. The Labute approximate surface area is 231 Å². The standard InChI is InChI=1S/C31H22Br2O4/c32-20-13-9-18(10-14-20)30(34)36-28-24-7-3-1-5-22(24)26-17-27(28)23-6-2-4-8-25(23)29(26)37-31(35)19-11-15-21(33)16-12-19/h1-16,26-29H,17H2. The van der Waals surface area contributed by atoms with Gasteiger partial charge in [0, 0.05) is 20.8 Å². The summed E-state index contributed by atoms with van der Waals surface area (Å²) in [6.07, 6.45) is -0.161. The molecule has 6 rings (SSSR count). The van der Waals surface area contributed by atoms with Crippen molar-refractivity contribution >= 4 is 43.8 Å². The van der Waals surface area contributed by atoms with Crippen molar-refractivity contribution in [2.24, 2.45) is 0 Å². The molecule has 0 N–H and O–H groups in total. The van der Waals surface area contributed by atoms with Gasteiger partial charge in [0.15, 0.2) is 0 Å². The summed E-state index contributed by atoms with van der Waals surface area (Å²) in [7, 11) is 0. The molecule has 184 valence electrons. The van der Waals surface area contributed by atoms with E-state index in [1.54, 1.807) is 24.3 Å². The molecule has 0 radical (unpaired) electrons. The third-order valence-electron chi connectivity index (χ3n) is 7.27. The molecule has 4 nitrogen and oxygen atoms in total. The molecule has 0 aromatic heterocycles. The van der Waals surface area contributed by atoms with Crippen molar-refractivity contribution in [2.45, 2.75) is 30.5 Å². The summed E-state index contributed by atoms with van der Waals surface area (Å²) < 4.78 is 14.2. The number of hydrogen-bond donors (Lipinski definition) is 0. The van der Waals surface area contributed by atoms with E-state index in [0.717, 1.165) is 31.2 Å². The van der Waals surface area contributed by atoms with Gasteiger partial charge in [-0.25, -0.2) is 9.59 Å². The number of carbonyl (C=O) groups excluding carboxylic acids is 2. The van der Waals surface area contributed by atoms with E-state index in [1.807, 2.05) is 60.7 Å². The van der Waals surface area contributed by atoms with E-state index in [-0.39, 0.29) is 23.8 Å². The SMILES string of the molecule is O=C(OC1c2ccccc2C2CC1c1ccccc1C2OC(=O)c1ccc(Br)cc1)c1ccc(Br)cc1. The lowest BCUT2D eigenvalue weighted by Gasteiger charge is -2.45. The van der Waals surface area contributed by atoms with Crippen LogP contribution in [0.2, 0.25) is 0 Å². The van der Waals surface area contributed by atoms with Gasteiger partial charge in [-0.1, -0.05) is 80.4 Å². The molecule has 0 amide bonds. The minimum absolute atomic E-state index is 0.0434. The lowest BCUT2D eigenvalue weighted by Crippen LogP contribution is -2.35. The first-order valence-electron chi connectivity index (χ1n) is 12.1. The maximum Gasteiger partial charge on any atom is 0.338 e. The van der Waals surface area contributed by atoms with Gasteiger partial charge in [0.2, 0.25) is 0 Å². The monoisotopic (exact) mass is 616 g/mol. The largest absolute Gasteiger partial charge is 0.453 e. The molecule has 37 heavy (non-hydrogen) atoms. The summed E-state index contributed by atoms with van der Waals surface area (Å²) in [6.45, 7) is 0. The summed E-state index contributed by atoms with van der Waals surface area (Å²) >= 11 is 6.84. The van der Waals surface area contributed by atoms with Crippen molar-refractivity contribution in [1.82, 2.24) is 0 Å². The second-order valence-electron chi connectivity index (χ2n) is 9.37. The van der Waals surface area contributed by atoms with E-state index >= 15 is 0 Å². The van der Waals surface area contributed by atoms with Crippen LogP contribution in [0, 0.1) is 0 Å². The van der Waals surface area contributed by atoms with E-state index in [4.69, 9.17) is 9.47 Å². The summed E-state index contributed by atoms with van der Waals surface area (Å²) in [5.74, 6) is -0.796. The van der Waals surface area contributed by atoms with Crippen LogP contribution in [0.15, 0.2) is 106 Å². The van der Waals surface area contributed by atoms with Crippen molar-refractivity contribution in [1.29, 1.82) is 0 Å². The molecule has 2 aliphatic rings. The van der Waals surface area contributed by atoms with Crippen molar-refractivity contribution in [2.75, 3.05) is 0 Å². The van der Waals surface area contributed by atoms with Gasteiger partial charge in [0.1, 0.15) is 12.2 Å². The summed E-state index contributed by atoms with van der Waals surface area (Å²) in [4.78, 5) is 26.4. The van der Waals surface area contributed by atoms with E-state index in [9.17, 15) is 9.59 Å². The predicted octanol–water partition coefficient (Wildman–Crippen LogP) is 8.29. The smallest absolute Gasteiger partial charge is 0.338 e. The highest BCUT2D eigenvalue weighted by Crippen LogP contribution is 2.58. The fourth-order valence-electron chi connectivity index (χ4n) is 5.58.